The number of thiol groups is 2. The number of aliphatic carboxylic acids is 1. The number of carboxylic acids is 1. The Kier molecular flexibility index (Phi) is 12.6. The Morgan fingerprint density at radius 1 is 1.00 bits per heavy atom. The number of nitrogens with one attached hydrogen (secondary N) is 3. The third-order valence-corrected chi connectivity index (χ3v) is 4.73. The summed E-state index contributed by atoms with van der Waals surface area (Å²) >= 11 is 9.27. The molecule has 0 bridgehead atoms. The van der Waals surface area contributed by atoms with E-state index in [-0.39, 0.29) is 11.5 Å². The maximum atomic E-state index is 12.3. The van der Waals surface area contributed by atoms with Gasteiger partial charge in [-0.25, -0.2) is 4.79 Å². The van der Waals surface area contributed by atoms with E-state index < -0.39 is 47.9 Å². The lowest BCUT2D eigenvalue weighted by Gasteiger charge is -2.23. The highest BCUT2D eigenvalue weighted by Crippen LogP contribution is 2.03. The molecule has 0 saturated heterocycles. The average Bonchev–Trinajstić information content (AvgIpc) is 2.61. The summed E-state index contributed by atoms with van der Waals surface area (Å²) in [7, 11) is 0. The average molecular weight is 427 g/mol. The molecule has 0 unspecified atom stereocenters. The first-order chi connectivity index (χ1) is 12.2. The van der Waals surface area contributed by atoms with Gasteiger partial charge in [0.25, 0.3) is 0 Å². The van der Waals surface area contributed by atoms with Crippen LogP contribution in [0.4, 0.5) is 0 Å². The van der Waals surface area contributed by atoms with Gasteiger partial charge in [0.15, 0.2) is 0 Å². The molecule has 6 N–H and O–H groups in total. The van der Waals surface area contributed by atoms with Crippen LogP contribution < -0.4 is 21.7 Å². The first-order valence-corrected chi connectivity index (χ1v) is 10.4. The lowest BCUT2D eigenvalue weighted by Crippen LogP contribution is -2.56. The molecule has 0 aromatic rings. The van der Waals surface area contributed by atoms with Crippen molar-refractivity contribution in [3.63, 3.8) is 0 Å². The molecule has 9 nitrogen and oxygen atoms in total. The largest absolute Gasteiger partial charge is 0.480 e. The van der Waals surface area contributed by atoms with E-state index in [0.29, 0.717) is 12.2 Å². The number of rotatable bonds is 12. The summed E-state index contributed by atoms with van der Waals surface area (Å²) in [6.45, 7) is 1.45. The van der Waals surface area contributed by atoms with Gasteiger partial charge in [0.05, 0.1) is 6.04 Å². The maximum Gasteiger partial charge on any atom is 0.327 e. The van der Waals surface area contributed by atoms with E-state index >= 15 is 0 Å². The number of carbonyl (C=O) groups excluding carboxylic acids is 3. The smallest absolute Gasteiger partial charge is 0.327 e. The third-order valence-electron chi connectivity index (χ3n) is 3.33. The van der Waals surface area contributed by atoms with Crippen molar-refractivity contribution in [1.82, 2.24) is 16.0 Å². The van der Waals surface area contributed by atoms with E-state index in [9.17, 15) is 19.2 Å². The summed E-state index contributed by atoms with van der Waals surface area (Å²) in [5, 5.41) is 16.3. The van der Waals surface area contributed by atoms with Crippen molar-refractivity contribution in [3.05, 3.63) is 0 Å². The maximum absolute atomic E-state index is 12.3. The number of hydrogen-bond donors (Lipinski definition) is 7. The van der Waals surface area contributed by atoms with Crippen molar-refractivity contribution in [2.24, 2.45) is 5.73 Å². The van der Waals surface area contributed by atoms with E-state index in [0.717, 1.165) is 0 Å². The number of carbonyl (C=O) groups is 4. The van der Waals surface area contributed by atoms with Crippen LogP contribution in [-0.2, 0) is 19.2 Å². The third kappa shape index (κ3) is 9.01. The number of carboxylic acid groups (broad SMARTS) is 1. The van der Waals surface area contributed by atoms with Gasteiger partial charge in [0, 0.05) is 11.5 Å². The Bertz CT molecular complexity index is 509. The van der Waals surface area contributed by atoms with Crippen LogP contribution in [0.3, 0.4) is 0 Å². The van der Waals surface area contributed by atoms with Crippen LogP contribution in [0.1, 0.15) is 13.3 Å². The fourth-order valence-electron chi connectivity index (χ4n) is 1.73. The van der Waals surface area contributed by atoms with Crippen molar-refractivity contribution < 1.29 is 24.3 Å². The van der Waals surface area contributed by atoms with Crippen LogP contribution in [0, 0.1) is 0 Å². The van der Waals surface area contributed by atoms with E-state index in [1.807, 2.05) is 6.26 Å². The molecule has 0 saturated carbocycles. The molecule has 0 aliphatic carbocycles. The second-order valence-electron chi connectivity index (χ2n) is 5.44. The highest BCUT2D eigenvalue weighted by Gasteiger charge is 2.27. The molecule has 0 aliphatic heterocycles. The number of amides is 3. The summed E-state index contributed by atoms with van der Waals surface area (Å²) in [6.07, 6.45) is 2.14. The summed E-state index contributed by atoms with van der Waals surface area (Å²) in [4.78, 5) is 47.3. The molecular formula is C14H26N4O5S3. The molecule has 0 heterocycles. The van der Waals surface area contributed by atoms with Crippen LogP contribution in [0.25, 0.3) is 0 Å². The predicted octanol–water partition coefficient (Wildman–Crippen LogP) is -1.51. The summed E-state index contributed by atoms with van der Waals surface area (Å²) < 4.78 is 0. The van der Waals surface area contributed by atoms with Gasteiger partial charge in [-0.05, 0) is 25.4 Å². The molecule has 0 aromatic carbocycles. The first kappa shape index (κ1) is 24.9. The minimum atomic E-state index is -1.22. The topological polar surface area (TPSA) is 151 Å². The van der Waals surface area contributed by atoms with Gasteiger partial charge in [-0.1, -0.05) is 0 Å². The lowest BCUT2D eigenvalue weighted by molar-refractivity contribution is -0.141. The van der Waals surface area contributed by atoms with E-state index in [1.54, 1.807) is 0 Å². The minimum Gasteiger partial charge on any atom is -0.480 e. The standard InChI is InChI=1S/C14H26N4O5S3/c1-7(16-12(20)8(15)5-24)11(19)17-9(3-4-26-2)13(21)18-10(6-25)14(22)23/h7-10,24-25H,3-6,15H2,1-2H3,(H,16,20)(H,17,19)(H,18,21)(H,22,23)/t7-,8-,9-,10-/m0/s1. The molecule has 0 spiro atoms. The van der Waals surface area contributed by atoms with Gasteiger partial charge in [0.1, 0.15) is 18.1 Å². The lowest BCUT2D eigenvalue weighted by atomic mass is 10.1. The summed E-state index contributed by atoms with van der Waals surface area (Å²) in [5.74, 6) is -2.35. The molecule has 26 heavy (non-hydrogen) atoms. The van der Waals surface area contributed by atoms with Crippen LogP contribution in [0.15, 0.2) is 0 Å². The van der Waals surface area contributed by atoms with E-state index in [1.165, 1.54) is 18.7 Å². The summed E-state index contributed by atoms with van der Waals surface area (Å²) in [6, 6.07) is -3.87. The second-order valence-corrected chi connectivity index (χ2v) is 7.16. The molecule has 4 atom stereocenters. The quantitative estimate of drug-likeness (QED) is 0.187. The van der Waals surface area contributed by atoms with E-state index in [2.05, 4.69) is 41.2 Å². The SMILES string of the molecule is CSCC[C@H](NC(=O)[C@H](C)NC(=O)[C@@H](N)CS)C(=O)N[C@@H](CS)C(=O)O. The molecule has 0 fully saturated rings. The van der Waals surface area contributed by atoms with Crippen LogP contribution in [0.2, 0.25) is 0 Å². The van der Waals surface area contributed by atoms with Crippen LogP contribution in [-0.4, -0.2) is 76.5 Å². The minimum absolute atomic E-state index is 0.0850. The molecule has 0 aromatic heterocycles. The highest BCUT2D eigenvalue weighted by molar-refractivity contribution is 7.98. The molecule has 0 aliphatic rings. The zero-order chi connectivity index (χ0) is 20.3. The van der Waals surface area contributed by atoms with Gasteiger partial charge >= 0.3 is 5.97 Å². The Labute approximate surface area is 167 Å². The van der Waals surface area contributed by atoms with Crippen molar-refractivity contribution in [2.75, 3.05) is 23.5 Å². The van der Waals surface area contributed by atoms with Crippen molar-refractivity contribution in [1.29, 1.82) is 0 Å². The molecule has 0 rings (SSSR count). The number of thioether (sulfide) groups is 1. The fourth-order valence-corrected chi connectivity index (χ4v) is 2.61. The molecule has 150 valence electrons. The number of nitrogens with two attached hydrogens (primary N) is 1. The van der Waals surface area contributed by atoms with Crippen molar-refractivity contribution in [2.45, 2.75) is 37.5 Å². The fraction of sp³-hybridized carbons (Fsp3) is 0.714. The van der Waals surface area contributed by atoms with E-state index in [4.69, 9.17) is 10.8 Å². The monoisotopic (exact) mass is 426 g/mol. The molecule has 12 heteroatoms. The molecule has 3 amide bonds. The van der Waals surface area contributed by atoms with Gasteiger partial charge < -0.3 is 26.8 Å². The Balaban J connectivity index is 4.91. The molecular weight excluding hydrogens is 400 g/mol. The molecule has 0 radical (unpaired) electrons. The normalized spacial score (nSPS) is 15.3. The van der Waals surface area contributed by atoms with Gasteiger partial charge in [0.2, 0.25) is 17.7 Å². The second kappa shape index (κ2) is 13.1. The zero-order valence-electron chi connectivity index (χ0n) is 14.6. The number of hydrogen-bond acceptors (Lipinski definition) is 8. The Morgan fingerprint density at radius 2 is 1.58 bits per heavy atom. The Morgan fingerprint density at radius 3 is 2.04 bits per heavy atom. The Hall–Kier alpha value is -1.11. The highest BCUT2D eigenvalue weighted by atomic mass is 32.2. The van der Waals surface area contributed by atoms with Gasteiger partial charge in [-0.3, -0.25) is 14.4 Å². The van der Waals surface area contributed by atoms with Crippen molar-refractivity contribution in [3.8, 4) is 0 Å². The zero-order valence-corrected chi connectivity index (χ0v) is 17.2. The van der Waals surface area contributed by atoms with Crippen molar-refractivity contribution >= 4 is 60.7 Å². The van der Waals surface area contributed by atoms with Gasteiger partial charge in [-0.15, -0.1) is 0 Å². The summed E-state index contributed by atoms with van der Waals surface area (Å²) in [5.41, 5.74) is 5.53. The predicted molar refractivity (Wildman–Crippen MR) is 108 cm³/mol. The van der Waals surface area contributed by atoms with Crippen LogP contribution in [0.5, 0.6) is 0 Å². The van der Waals surface area contributed by atoms with Gasteiger partial charge in [-0.2, -0.15) is 37.0 Å². The van der Waals surface area contributed by atoms with Crippen LogP contribution >= 0.6 is 37.0 Å². The first-order valence-electron chi connectivity index (χ1n) is 7.78.